The zero-order valence-electron chi connectivity index (χ0n) is 7.88. The first-order valence-electron chi connectivity index (χ1n) is 5.14. The number of hydrogen-bond donors (Lipinski definition) is 1. The van der Waals surface area contributed by atoms with Crippen molar-refractivity contribution in [2.75, 3.05) is 0 Å². The van der Waals surface area contributed by atoms with Gasteiger partial charge in [0.05, 0.1) is 0 Å². The number of benzene rings is 1. The molecule has 0 aromatic heterocycles. The summed E-state index contributed by atoms with van der Waals surface area (Å²) in [5, 5.41) is 9.68. The normalized spacial score (nSPS) is 28.4. The Balaban J connectivity index is 2.14. The van der Waals surface area contributed by atoms with E-state index in [1.165, 1.54) is 24.0 Å². The molecule has 2 aliphatic rings. The van der Waals surface area contributed by atoms with E-state index in [1.54, 1.807) is 0 Å². The van der Waals surface area contributed by atoms with Gasteiger partial charge in [0.25, 0.3) is 0 Å². The highest BCUT2D eigenvalue weighted by atomic mass is 16.3. The molecule has 3 rings (SSSR count). The van der Waals surface area contributed by atoms with E-state index in [0.717, 1.165) is 23.8 Å². The van der Waals surface area contributed by atoms with E-state index >= 15 is 0 Å². The largest absolute Gasteiger partial charge is 0.508 e. The van der Waals surface area contributed by atoms with Gasteiger partial charge in [0, 0.05) is 0 Å². The summed E-state index contributed by atoms with van der Waals surface area (Å²) in [5.74, 6) is 2.27. The van der Waals surface area contributed by atoms with Crippen LogP contribution >= 0.6 is 0 Å². The molecule has 1 heteroatoms. The van der Waals surface area contributed by atoms with E-state index in [1.807, 2.05) is 6.07 Å². The van der Waals surface area contributed by atoms with Crippen molar-refractivity contribution < 1.29 is 5.11 Å². The van der Waals surface area contributed by atoms with Crippen LogP contribution in [0.2, 0.25) is 0 Å². The highest BCUT2D eigenvalue weighted by molar-refractivity contribution is 5.49. The monoisotopic (exact) mass is 174 g/mol. The van der Waals surface area contributed by atoms with Crippen LogP contribution in [0.1, 0.15) is 36.0 Å². The Bertz CT molecular complexity index is 368. The van der Waals surface area contributed by atoms with Crippen molar-refractivity contribution in [3.8, 4) is 5.75 Å². The maximum atomic E-state index is 9.68. The fourth-order valence-corrected chi connectivity index (χ4v) is 2.64. The number of phenols is 1. The Kier molecular flexibility index (Phi) is 1.30. The molecule has 1 fully saturated rings. The molecular weight excluding hydrogens is 160 g/mol. The first-order valence-corrected chi connectivity index (χ1v) is 5.14. The molecule has 1 nitrogen and oxygen atoms in total. The van der Waals surface area contributed by atoms with Gasteiger partial charge in [-0.25, -0.2) is 0 Å². The predicted molar refractivity (Wildman–Crippen MR) is 52.0 cm³/mol. The maximum Gasteiger partial charge on any atom is 0.119 e. The lowest BCUT2D eigenvalue weighted by Crippen LogP contribution is -1.90. The fraction of sp³-hybridized carbons (Fsp3) is 0.500. The third kappa shape index (κ3) is 0.932. The van der Waals surface area contributed by atoms with Gasteiger partial charge >= 0.3 is 0 Å². The molecular formula is C12H14O. The third-order valence-electron chi connectivity index (χ3n) is 3.53. The van der Waals surface area contributed by atoms with Crippen LogP contribution in [0.3, 0.4) is 0 Å². The average molecular weight is 174 g/mol. The highest BCUT2D eigenvalue weighted by Crippen LogP contribution is 2.56. The second-order valence-electron chi connectivity index (χ2n) is 4.34. The van der Waals surface area contributed by atoms with Gasteiger partial charge in [-0.1, -0.05) is 13.0 Å². The van der Waals surface area contributed by atoms with Gasteiger partial charge in [-0.15, -0.1) is 0 Å². The Morgan fingerprint density at radius 1 is 1.46 bits per heavy atom. The Morgan fingerprint density at radius 2 is 2.31 bits per heavy atom. The summed E-state index contributed by atoms with van der Waals surface area (Å²) in [4.78, 5) is 0. The van der Waals surface area contributed by atoms with Gasteiger partial charge in [0.2, 0.25) is 0 Å². The standard InChI is InChI=1S/C12H14O/c1-2-7-4-10-9(6-12(7)13)3-8-5-11(8)10/h4,6,8,11,13H,2-3,5H2,1H3/t8-,11+/m0/s1. The first-order chi connectivity index (χ1) is 6.29. The van der Waals surface area contributed by atoms with Gasteiger partial charge in [-0.3, -0.25) is 0 Å². The molecule has 0 aliphatic heterocycles. The van der Waals surface area contributed by atoms with Crippen LogP contribution in [0.5, 0.6) is 5.75 Å². The molecule has 68 valence electrons. The van der Waals surface area contributed by atoms with Gasteiger partial charge < -0.3 is 5.11 Å². The SMILES string of the molecule is CCc1cc2c(cc1O)C[C@H]1C[C@@H]21. The maximum absolute atomic E-state index is 9.68. The average Bonchev–Trinajstić information content (AvgIpc) is 2.78. The summed E-state index contributed by atoms with van der Waals surface area (Å²) >= 11 is 0. The molecule has 0 bridgehead atoms. The molecule has 0 spiro atoms. The fourth-order valence-electron chi connectivity index (χ4n) is 2.64. The Morgan fingerprint density at radius 3 is 3.08 bits per heavy atom. The second kappa shape index (κ2) is 2.28. The number of aromatic hydroxyl groups is 1. The molecule has 1 saturated carbocycles. The quantitative estimate of drug-likeness (QED) is 0.694. The summed E-state index contributed by atoms with van der Waals surface area (Å²) in [6.45, 7) is 2.10. The van der Waals surface area contributed by atoms with Crippen molar-refractivity contribution in [3.05, 3.63) is 28.8 Å². The number of fused-ring (bicyclic) bond motifs is 3. The van der Waals surface area contributed by atoms with Gasteiger partial charge in [0.1, 0.15) is 5.75 Å². The minimum atomic E-state index is 0.502. The minimum absolute atomic E-state index is 0.502. The Labute approximate surface area is 78.4 Å². The summed E-state index contributed by atoms with van der Waals surface area (Å²) in [6, 6.07) is 4.21. The number of rotatable bonds is 1. The minimum Gasteiger partial charge on any atom is -0.508 e. The van der Waals surface area contributed by atoms with Crippen LogP contribution in [-0.2, 0) is 12.8 Å². The third-order valence-corrected chi connectivity index (χ3v) is 3.53. The van der Waals surface area contributed by atoms with Crippen LogP contribution in [-0.4, -0.2) is 5.11 Å². The molecule has 0 heterocycles. The van der Waals surface area contributed by atoms with E-state index in [-0.39, 0.29) is 0 Å². The van der Waals surface area contributed by atoms with E-state index < -0.39 is 0 Å². The summed E-state index contributed by atoms with van der Waals surface area (Å²) < 4.78 is 0. The molecule has 2 aliphatic carbocycles. The van der Waals surface area contributed by atoms with Gasteiger partial charge in [0.15, 0.2) is 0 Å². The van der Waals surface area contributed by atoms with Crippen molar-refractivity contribution in [2.24, 2.45) is 5.92 Å². The summed E-state index contributed by atoms with van der Waals surface area (Å²) in [5.41, 5.74) is 4.04. The van der Waals surface area contributed by atoms with E-state index in [9.17, 15) is 5.11 Å². The summed E-state index contributed by atoms with van der Waals surface area (Å²) in [6.07, 6.45) is 3.54. The first kappa shape index (κ1) is 7.43. The van der Waals surface area contributed by atoms with E-state index in [4.69, 9.17) is 0 Å². The Hall–Kier alpha value is -0.980. The van der Waals surface area contributed by atoms with E-state index in [2.05, 4.69) is 13.0 Å². The molecule has 1 aromatic carbocycles. The van der Waals surface area contributed by atoms with Crippen LogP contribution in [0.4, 0.5) is 0 Å². The van der Waals surface area contributed by atoms with Crippen molar-refractivity contribution in [2.45, 2.75) is 32.1 Å². The number of aryl methyl sites for hydroxylation is 1. The van der Waals surface area contributed by atoms with Crippen LogP contribution in [0, 0.1) is 5.92 Å². The highest BCUT2D eigenvalue weighted by Gasteiger charge is 2.45. The smallest absolute Gasteiger partial charge is 0.119 e. The number of phenolic OH excluding ortho intramolecular Hbond substituents is 1. The molecule has 1 aromatic rings. The van der Waals surface area contributed by atoms with Crippen molar-refractivity contribution in [3.63, 3.8) is 0 Å². The molecule has 0 radical (unpaired) electrons. The zero-order chi connectivity index (χ0) is 9.00. The van der Waals surface area contributed by atoms with Crippen LogP contribution < -0.4 is 0 Å². The number of hydrogen-bond acceptors (Lipinski definition) is 1. The molecule has 0 saturated heterocycles. The van der Waals surface area contributed by atoms with Crippen molar-refractivity contribution in [1.82, 2.24) is 0 Å². The lowest BCUT2D eigenvalue weighted by Gasteiger charge is -2.07. The predicted octanol–water partition coefficient (Wildman–Crippen LogP) is 2.61. The zero-order valence-corrected chi connectivity index (χ0v) is 7.88. The van der Waals surface area contributed by atoms with E-state index in [0.29, 0.717) is 5.75 Å². The van der Waals surface area contributed by atoms with Gasteiger partial charge in [-0.05, 0) is 53.9 Å². The lowest BCUT2D eigenvalue weighted by molar-refractivity contribution is 0.468. The molecule has 13 heavy (non-hydrogen) atoms. The molecule has 2 atom stereocenters. The molecule has 0 unspecified atom stereocenters. The van der Waals surface area contributed by atoms with Crippen molar-refractivity contribution in [1.29, 1.82) is 0 Å². The van der Waals surface area contributed by atoms with Crippen LogP contribution in [0.25, 0.3) is 0 Å². The van der Waals surface area contributed by atoms with Gasteiger partial charge in [-0.2, -0.15) is 0 Å². The lowest BCUT2D eigenvalue weighted by atomic mass is 10.0. The molecule has 0 amide bonds. The molecule has 1 N–H and O–H groups in total. The van der Waals surface area contributed by atoms with Crippen molar-refractivity contribution >= 4 is 0 Å². The van der Waals surface area contributed by atoms with Crippen LogP contribution in [0.15, 0.2) is 12.1 Å². The summed E-state index contributed by atoms with van der Waals surface area (Å²) in [7, 11) is 0. The topological polar surface area (TPSA) is 20.2 Å². The second-order valence-corrected chi connectivity index (χ2v) is 4.34.